The summed E-state index contributed by atoms with van der Waals surface area (Å²) >= 11 is 0. The van der Waals surface area contributed by atoms with Crippen molar-refractivity contribution in [2.45, 2.75) is 31.4 Å². The van der Waals surface area contributed by atoms with Crippen molar-refractivity contribution in [2.75, 3.05) is 20.2 Å². The first kappa shape index (κ1) is 16.8. The summed E-state index contributed by atoms with van der Waals surface area (Å²) in [6.07, 6.45) is 2.65. The van der Waals surface area contributed by atoms with E-state index in [4.69, 9.17) is 4.74 Å². The molecule has 1 heterocycles. The molecule has 6 nitrogen and oxygen atoms in total. The highest BCUT2D eigenvalue weighted by Gasteiger charge is 2.43. The van der Waals surface area contributed by atoms with Crippen molar-refractivity contribution in [2.24, 2.45) is 11.8 Å². The Balaban J connectivity index is 1.61. The molecular formula is C18H24N2O4. The van der Waals surface area contributed by atoms with Crippen LogP contribution in [0.15, 0.2) is 30.3 Å². The van der Waals surface area contributed by atoms with Gasteiger partial charge in [0.25, 0.3) is 0 Å². The lowest BCUT2D eigenvalue weighted by molar-refractivity contribution is -0.139. The average Bonchev–Trinajstić information content (AvgIpc) is 2.82. The third-order valence-electron chi connectivity index (χ3n) is 5.19. The number of methoxy groups -OCH3 is 1. The predicted octanol–water partition coefficient (Wildman–Crippen LogP) is 1.75. The van der Waals surface area contributed by atoms with Gasteiger partial charge in [-0.05, 0) is 18.4 Å². The number of nitrogens with zero attached hydrogens (tertiary/aromatic N) is 1. The Morgan fingerprint density at radius 2 is 1.88 bits per heavy atom. The van der Waals surface area contributed by atoms with Gasteiger partial charge in [-0.3, -0.25) is 0 Å². The molecule has 2 amide bonds. The molecule has 2 N–H and O–H groups in total. The first-order valence-corrected chi connectivity index (χ1v) is 8.43. The van der Waals surface area contributed by atoms with Crippen LogP contribution in [0.3, 0.4) is 0 Å². The maximum Gasteiger partial charge on any atom is 0.326 e. The van der Waals surface area contributed by atoms with Crippen molar-refractivity contribution >= 4 is 12.0 Å². The second kappa shape index (κ2) is 7.21. The van der Waals surface area contributed by atoms with E-state index in [0.29, 0.717) is 24.9 Å². The molecule has 6 heteroatoms. The molecule has 0 spiro atoms. The van der Waals surface area contributed by atoms with Gasteiger partial charge in [0.05, 0.1) is 6.10 Å². The van der Waals surface area contributed by atoms with Crippen LogP contribution in [0.25, 0.3) is 0 Å². The molecule has 24 heavy (non-hydrogen) atoms. The summed E-state index contributed by atoms with van der Waals surface area (Å²) in [6, 6.07) is 8.14. The van der Waals surface area contributed by atoms with Crippen LogP contribution in [0.2, 0.25) is 0 Å². The largest absolute Gasteiger partial charge is 0.480 e. The topological polar surface area (TPSA) is 78.9 Å². The van der Waals surface area contributed by atoms with Crippen LogP contribution in [-0.4, -0.2) is 54.4 Å². The molecule has 1 aromatic rings. The van der Waals surface area contributed by atoms with Crippen molar-refractivity contribution in [3.05, 3.63) is 35.9 Å². The molecule has 1 aliphatic carbocycles. The fourth-order valence-corrected chi connectivity index (χ4v) is 4.01. The van der Waals surface area contributed by atoms with Gasteiger partial charge in [0, 0.05) is 38.5 Å². The maximum absolute atomic E-state index is 12.5. The molecule has 0 aromatic heterocycles. The van der Waals surface area contributed by atoms with E-state index in [9.17, 15) is 14.7 Å². The first-order chi connectivity index (χ1) is 11.6. The molecule has 3 rings (SSSR count). The first-order valence-electron chi connectivity index (χ1n) is 8.43. The van der Waals surface area contributed by atoms with Crippen LogP contribution < -0.4 is 5.32 Å². The van der Waals surface area contributed by atoms with E-state index >= 15 is 0 Å². The monoisotopic (exact) mass is 332 g/mol. The number of ether oxygens (including phenoxy) is 1. The number of piperidine rings is 1. The maximum atomic E-state index is 12.5. The number of carboxylic acid groups (broad SMARTS) is 1. The van der Waals surface area contributed by atoms with Crippen molar-refractivity contribution < 1.29 is 19.4 Å². The Kier molecular flexibility index (Phi) is 5.04. The minimum Gasteiger partial charge on any atom is -0.480 e. The number of rotatable bonds is 5. The number of fused-ring (bicyclic) bond motifs is 2. The van der Waals surface area contributed by atoms with Crippen LogP contribution in [0.5, 0.6) is 0 Å². The van der Waals surface area contributed by atoms with Gasteiger partial charge in [0.2, 0.25) is 0 Å². The quantitative estimate of drug-likeness (QED) is 0.861. The normalized spacial score (nSPS) is 26.9. The molecule has 1 saturated carbocycles. The molecule has 3 unspecified atom stereocenters. The highest BCUT2D eigenvalue weighted by Crippen LogP contribution is 2.38. The lowest BCUT2D eigenvalue weighted by Crippen LogP contribution is -2.54. The molecule has 2 bridgehead atoms. The summed E-state index contributed by atoms with van der Waals surface area (Å²) in [4.78, 5) is 25.8. The minimum absolute atomic E-state index is 0.230. The highest BCUT2D eigenvalue weighted by molar-refractivity contribution is 5.83. The summed E-state index contributed by atoms with van der Waals surface area (Å²) in [5, 5.41) is 12.1. The zero-order valence-corrected chi connectivity index (χ0v) is 13.9. The molecule has 3 atom stereocenters. The molecule has 0 radical (unpaired) electrons. The fourth-order valence-electron chi connectivity index (χ4n) is 4.01. The second-order valence-electron chi connectivity index (χ2n) is 6.73. The van der Waals surface area contributed by atoms with Gasteiger partial charge in [0.15, 0.2) is 0 Å². The highest BCUT2D eigenvalue weighted by atomic mass is 16.5. The van der Waals surface area contributed by atoms with E-state index in [-0.39, 0.29) is 18.6 Å². The zero-order valence-electron chi connectivity index (χ0n) is 13.9. The van der Waals surface area contributed by atoms with Gasteiger partial charge < -0.3 is 20.1 Å². The number of amides is 2. The van der Waals surface area contributed by atoms with Gasteiger partial charge in [-0.25, -0.2) is 9.59 Å². The van der Waals surface area contributed by atoms with Crippen molar-refractivity contribution in [3.63, 3.8) is 0 Å². The molecule has 1 aromatic carbocycles. The van der Waals surface area contributed by atoms with E-state index in [0.717, 1.165) is 18.4 Å². The van der Waals surface area contributed by atoms with E-state index in [2.05, 4.69) is 5.32 Å². The third-order valence-corrected chi connectivity index (χ3v) is 5.19. The van der Waals surface area contributed by atoms with Gasteiger partial charge >= 0.3 is 12.0 Å². The van der Waals surface area contributed by atoms with Gasteiger partial charge in [-0.15, -0.1) is 0 Å². The number of carbonyl (C=O) groups excluding carboxylic acids is 1. The Morgan fingerprint density at radius 1 is 1.25 bits per heavy atom. The number of hydrogen-bond donors (Lipinski definition) is 2. The number of nitrogens with one attached hydrogen (secondary N) is 1. The van der Waals surface area contributed by atoms with Gasteiger partial charge in [-0.2, -0.15) is 0 Å². The Labute approximate surface area is 141 Å². The summed E-state index contributed by atoms with van der Waals surface area (Å²) in [5.74, 6) is -0.296. The standard InChI is InChI=1S/C18H24N2O4/c1-24-16-13-7-8-14(16)11-20(10-13)18(23)19-15(17(21)22)9-12-5-3-2-4-6-12/h2-6,13-16H,7-11H2,1H3,(H,19,23)(H,21,22). The average molecular weight is 332 g/mol. The van der Waals surface area contributed by atoms with E-state index in [1.807, 2.05) is 30.3 Å². The van der Waals surface area contributed by atoms with E-state index in [1.54, 1.807) is 12.0 Å². The number of hydrogen-bond acceptors (Lipinski definition) is 3. The molecule has 1 saturated heterocycles. The Hall–Kier alpha value is -2.08. The second-order valence-corrected chi connectivity index (χ2v) is 6.73. The number of aliphatic carboxylic acids is 1. The predicted molar refractivity (Wildman–Crippen MR) is 88.7 cm³/mol. The smallest absolute Gasteiger partial charge is 0.326 e. The number of urea groups is 1. The summed E-state index contributed by atoms with van der Waals surface area (Å²) in [7, 11) is 1.73. The van der Waals surface area contributed by atoms with Gasteiger partial charge in [-0.1, -0.05) is 30.3 Å². The number of likely N-dealkylation sites (tertiary alicyclic amines) is 1. The minimum atomic E-state index is -1.01. The lowest BCUT2D eigenvalue weighted by Gasteiger charge is -2.37. The van der Waals surface area contributed by atoms with E-state index in [1.165, 1.54) is 0 Å². The van der Waals surface area contributed by atoms with Crippen molar-refractivity contribution in [3.8, 4) is 0 Å². The van der Waals surface area contributed by atoms with Gasteiger partial charge in [0.1, 0.15) is 6.04 Å². The number of carboxylic acids is 1. The third kappa shape index (κ3) is 3.53. The molecular weight excluding hydrogens is 308 g/mol. The summed E-state index contributed by atoms with van der Waals surface area (Å²) in [6.45, 7) is 1.27. The molecule has 1 aliphatic heterocycles. The van der Waals surface area contributed by atoms with E-state index < -0.39 is 12.0 Å². The van der Waals surface area contributed by atoms with Crippen LogP contribution in [0.4, 0.5) is 4.79 Å². The Bertz CT molecular complexity index is 578. The fraction of sp³-hybridized carbons (Fsp3) is 0.556. The molecule has 2 fully saturated rings. The Morgan fingerprint density at radius 3 is 2.42 bits per heavy atom. The number of benzene rings is 1. The molecule has 130 valence electrons. The lowest BCUT2D eigenvalue weighted by atomic mass is 9.95. The van der Waals surface area contributed by atoms with Crippen LogP contribution >= 0.6 is 0 Å². The van der Waals surface area contributed by atoms with Crippen LogP contribution in [-0.2, 0) is 16.0 Å². The van der Waals surface area contributed by atoms with Crippen molar-refractivity contribution in [1.29, 1.82) is 0 Å². The SMILES string of the molecule is COC1C2CCC1CN(C(=O)NC(Cc1ccccc1)C(=O)O)C2. The van der Waals surface area contributed by atoms with Crippen LogP contribution in [0, 0.1) is 11.8 Å². The summed E-state index contributed by atoms with van der Waals surface area (Å²) < 4.78 is 5.55. The molecule has 2 aliphatic rings. The zero-order chi connectivity index (χ0) is 17.1. The van der Waals surface area contributed by atoms with Crippen LogP contribution in [0.1, 0.15) is 18.4 Å². The summed E-state index contributed by atoms with van der Waals surface area (Å²) in [5.41, 5.74) is 0.892. The number of carbonyl (C=O) groups is 2. The van der Waals surface area contributed by atoms with Crippen molar-refractivity contribution in [1.82, 2.24) is 10.2 Å².